The Bertz CT molecular complexity index is 220. The van der Waals surface area contributed by atoms with Gasteiger partial charge in [-0.05, 0) is 20.8 Å². The summed E-state index contributed by atoms with van der Waals surface area (Å²) in [5.74, 6) is -0.145. The molecule has 4 heteroatoms. The van der Waals surface area contributed by atoms with Crippen LogP contribution in [0.15, 0.2) is 0 Å². The van der Waals surface area contributed by atoms with Crippen molar-refractivity contribution >= 4 is 5.97 Å². The first-order valence-corrected chi connectivity index (χ1v) is 5.50. The quantitative estimate of drug-likeness (QED) is 0.660. The van der Waals surface area contributed by atoms with Crippen molar-refractivity contribution in [2.45, 2.75) is 45.4 Å². The number of morpholine rings is 1. The molecule has 3 atom stereocenters. The van der Waals surface area contributed by atoms with Crippen molar-refractivity contribution in [1.82, 2.24) is 4.90 Å². The second kappa shape index (κ2) is 5.47. The number of carbonyl (C=O) groups excluding carboxylic acids is 1. The van der Waals surface area contributed by atoms with Gasteiger partial charge in [-0.3, -0.25) is 9.69 Å². The van der Waals surface area contributed by atoms with Gasteiger partial charge in [-0.25, -0.2) is 0 Å². The zero-order chi connectivity index (χ0) is 11.4. The number of carbonyl (C=O) groups is 1. The van der Waals surface area contributed by atoms with Crippen molar-refractivity contribution < 1.29 is 14.3 Å². The van der Waals surface area contributed by atoms with E-state index < -0.39 is 0 Å². The lowest BCUT2D eigenvalue weighted by Gasteiger charge is -2.42. The SMILES string of the molecule is COC(=O)CCN1C(C)COC(C)C1C. The van der Waals surface area contributed by atoms with Crippen LogP contribution in [0.4, 0.5) is 0 Å². The maximum atomic E-state index is 11.1. The third-order valence-electron chi connectivity index (χ3n) is 3.17. The summed E-state index contributed by atoms with van der Waals surface area (Å²) in [6.45, 7) is 7.83. The number of esters is 1. The Morgan fingerprint density at radius 2 is 2.13 bits per heavy atom. The van der Waals surface area contributed by atoms with E-state index in [0.29, 0.717) is 18.5 Å². The summed E-state index contributed by atoms with van der Waals surface area (Å²) >= 11 is 0. The zero-order valence-corrected chi connectivity index (χ0v) is 10.0. The molecule has 1 aliphatic rings. The molecule has 0 bridgehead atoms. The highest BCUT2D eigenvalue weighted by atomic mass is 16.5. The van der Waals surface area contributed by atoms with Crippen molar-refractivity contribution in [2.24, 2.45) is 0 Å². The Balaban J connectivity index is 2.46. The molecule has 4 nitrogen and oxygen atoms in total. The maximum Gasteiger partial charge on any atom is 0.306 e. The summed E-state index contributed by atoms with van der Waals surface area (Å²) in [6, 6.07) is 0.735. The summed E-state index contributed by atoms with van der Waals surface area (Å²) in [5.41, 5.74) is 0. The van der Waals surface area contributed by atoms with Gasteiger partial charge in [0.2, 0.25) is 0 Å². The first-order valence-electron chi connectivity index (χ1n) is 5.50. The van der Waals surface area contributed by atoms with Crippen molar-refractivity contribution in [2.75, 3.05) is 20.3 Å². The molecule has 0 aromatic rings. The van der Waals surface area contributed by atoms with Crippen LogP contribution >= 0.6 is 0 Å². The maximum absolute atomic E-state index is 11.1. The number of nitrogens with zero attached hydrogens (tertiary/aromatic N) is 1. The van der Waals surface area contributed by atoms with E-state index >= 15 is 0 Å². The molecule has 1 saturated heterocycles. The normalized spacial score (nSPS) is 32.7. The van der Waals surface area contributed by atoms with Crippen LogP contribution in [0.1, 0.15) is 27.2 Å². The van der Waals surface area contributed by atoms with Crippen LogP contribution in [0, 0.1) is 0 Å². The molecule has 0 aromatic heterocycles. The van der Waals surface area contributed by atoms with Gasteiger partial charge < -0.3 is 9.47 Å². The molecule has 88 valence electrons. The smallest absolute Gasteiger partial charge is 0.306 e. The second-order valence-corrected chi connectivity index (χ2v) is 4.19. The van der Waals surface area contributed by atoms with Crippen molar-refractivity contribution in [3.05, 3.63) is 0 Å². The number of rotatable bonds is 3. The molecule has 0 saturated carbocycles. The lowest BCUT2D eigenvalue weighted by molar-refractivity contribution is -0.142. The Labute approximate surface area is 91.5 Å². The summed E-state index contributed by atoms with van der Waals surface area (Å²) in [5, 5.41) is 0. The molecule has 0 aliphatic carbocycles. The molecule has 15 heavy (non-hydrogen) atoms. The third kappa shape index (κ3) is 3.18. The summed E-state index contributed by atoms with van der Waals surface area (Å²) < 4.78 is 10.2. The molecule has 1 heterocycles. The fourth-order valence-corrected chi connectivity index (χ4v) is 1.94. The molecular weight excluding hydrogens is 194 g/mol. The highest BCUT2D eigenvalue weighted by Gasteiger charge is 2.30. The standard InChI is InChI=1S/C11H21NO3/c1-8-7-15-10(3)9(2)12(8)6-5-11(13)14-4/h8-10H,5-7H2,1-4H3. The molecule has 0 spiro atoms. The summed E-state index contributed by atoms with van der Waals surface area (Å²) in [6.07, 6.45) is 0.691. The van der Waals surface area contributed by atoms with E-state index in [4.69, 9.17) is 4.74 Å². The van der Waals surface area contributed by atoms with E-state index in [2.05, 4.69) is 30.4 Å². The van der Waals surface area contributed by atoms with Gasteiger partial charge in [-0.2, -0.15) is 0 Å². The molecule has 1 fully saturated rings. The lowest BCUT2D eigenvalue weighted by atomic mass is 10.1. The molecule has 0 amide bonds. The molecule has 3 unspecified atom stereocenters. The van der Waals surface area contributed by atoms with E-state index in [0.717, 1.165) is 13.2 Å². The van der Waals surface area contributed by atoms with Gasteiger partial charge in [0.15, 0.2) is 0 Å². The monoisotopic (exact) mass is 215 g/mol. The first kappa shape index (κ1) is 12.5. The van der Waals surface area contributed by atoms with Gasteiger partial charge in [0, 0.05) is 18.6 Å². The topological polar surface area (TPSA) is 38.8 Å². The van der Waals surface area contributed by atoms with E-state index in [1.165, 1.54) is 7.11 Å². The highest BCUT2D eigenvalue weighted by Crippen LogP contribution is 2.18. The number of ether oxygens (including phenoxy) is 2. The molecule has 0 radical (unpaired) electrons. The lowest BCUT2D eigenvalue weighted by Crippen LogP contribution is -2.53. The van der Waals surface area contributed by atoms with Gasteiger partial charge in [0.25, 0.3) is 0 Å². The summed E-state index contributed by atoms with van der Waals surface area (Å²) in [7, 11) is 1.43. The van der Waals surface area contributed by atoms with Crippen LogP contribution in [0.5, 0.6) is 0 Å². The Hall–Kier alpha value is -0.610. The summed E-state index contributed by atoms with van der Waals surface area (Å²) in [4.78, 5) is 13.4. The van der Waals surface area contributed by atoms with Gasteiger partial charge in [0.1, 0.15) is 0 Å². The third-order valence-corrected chi connectivity index (χ3v) is 3.17. The van der Waals surface area contributed by atoms with Crippen LogP contribution < -0.4 is 0 Å². The van der Waals surface area contributed by atoms with Crippen LogP contribution in [0.2, 0.25) is 0 Å². The van der Waals surface area contributed by atoms with E-state index in [1.807, 2.05) is 0 Å². The highest BCUT2D eigenvalue weighted by molar-refractivity contribution is 5.69. The van der Waals surface area contributed by atoms with E-state index in [1.54, 1.807) is 0 Å². The predicted octanol–water partition coefficient (Wildman–Crippen LogP) is 1.05. The van der Waals surface area contributed by atoms with Gasteiger partial charge in [0.05, 0.1) is 26.2 Å². The predicted molar refractivity (Wildman–Crippen MR) is 57.7 cm³/mol. The number of methoxy groups -OCH3 is 1. The molecule has 1 aliphatic heterocycles. The molecule has 0 aromatic carbocycles. The van der Waals surface area contributed by atoms with E-state index in [-0.39, 0.29) is 12.1 Å². The zero-order valence-electron chi connectivity index (χ0n) is 10.0. The van der Waals surface area contributed by atoms with E-state index in [9.17, 15) is 4.79 Å². The molecular formula is C11H21NO3. The number of hydrogen-bond donors (Lipinski definition) is 0. The van der Waals surface area contributed by atoms with Gasteiger partial charge in [-0.1, -0.05) is 0 Å². The minimum atomic E-state index is -0.145. The minimum Gasteiger partial charge on any atom is -0.469 e. The first-order chi connectivity index (χ1) is 7.06. The van der Waals surface area contributed by atoms with Crippen LogP contribution in [-0.4, -0.2) is 49.3 Å². The van der Waals surface area contributed by atoms with Crippen LogP contribution in [0.3, 0.4) is 0 Å². The molecule has 1 rings (SSSR count). The fraction of sp³-hybridized carbons (Fsp3) is 0.909. The fourth-order valence-electron chi connectivity index (χ4n) is 1.94. The largest absolute Gasteiger partial charge is 0.469 e. The van der Waals surface area contributed by atoms with Crippen LogP contribution in [-0.2, 0) is 14.3 Å². The van der Waals surface area contributed by atoms with Gasteiger partial charge in [-0.15, -0.1) is 0 Å². The Morgan fingerprint density at radius 1 is 1.47 bits per heavy atom. The Kier molecular flexibility index (Phi) is 4.54. The Morgan fingerprint density at radius 3 is 2.73 bits per heavy atom. The van der Waals surface area contributed by atoms with Crippen molar-refractivity contribution in [3.8, 4) is 0 Å². The second-order valence-electron chi connectivity index (χ2n) is 4.19. The van der Waals surface area contributed by atoms with Crippen molar-refractivity contribution in [1.29, 1.82) is 0 Å². The minimum absolute atomic E-state index is 0.145. The average Bonchev–Trinajstić information content (AvgIpc) is 2.23. The molecule has 0 N–H and O–H groups in total. The van der Waals surface area contributed by atoms with Gasteiger partial charge >= 0.3 is 5.97 Å². The average molecular weight is 215 g/mol. The number of hydrogen-bond acceptors (Lipinski definition) is 4. The van der Waals surface area contributed by atoms with Crippen LogP contribution in [0.25, 0.3) is 0 Å². The van der Waals surface area contributed by atoms with Crippen molar-refractivity contribution in [3.63, 3.8) is 0 Å².